The van der Waals surface area contributed by atoms with Crippen LogP contribution >= 0.6 is 0 Å². The van der Waals surface area contributed by atoms with Gasteiger partial charge in [-0.15, -0.1) is 0 Å². The molecule has 2 aromatic heterocycles. The summed E-state index contributed by atoms with van der Waals surface area (Å²) in [5.74, 6) is 1.12. The van der Waals surface area contributed by atoms with Crippen molar-refractivity contribution in [2.45, 2.75) is 26.8 Å². The number of fused-ring (bicyclic) bond motifs is 1. The molecule has 4 aromatic rings. The van der Waals surface area contributed by atoms with Gasteiger partial charge in [-0.05, 0) is 32.9 Å². The molecule has 152 valence electrons. The van der Waals surface area contributed by atoms with Crippen molar-refractivity contribution in [1.82, 2.24) is 14.6 Å². The Labute approximate surface area is 177 Å². The van der Waals surface area contributed by atoms with Crippen LogP contribution in [0.25, 0.3) is 16.9 Å². The third-order valence-electron chi connectivity index (χ3n) is 5.92. The molecule has 1 atom stereocenters. The van der Waals surface area contributed by atoms with Gasteiger partial charge in [0, 0.05) is 54.8 Å². The van der Waals surface area contributed by atoms with E-state index in [1.165, 1.54) is 11.3 Å². The lowest BCUT2D eigenvalue weighted by Gasteiger charge is -2.42. The highest BCUT2D eigenvalue weighted by Gasteiger charge is 2.26. The van der Waals surface area contributed by atoms with Gasteiger partial charge in [-0.2, -0.15) is 9.61 Å². The molecule has 1 aliphatic heterocycles. The van der Waals surface area contributed by atoms with Gasteiger partial charge in [0.1, 0.15) is 5.82 Å². The Balaban J connectivity index is 1.46. The van der Waals surface area contributed by atoms with E-state index in [9.17, 15) is 0 Å². The number of piperazine rings is 1. The second kappa shape index (κ2) is 7.48. The summed E-state index contributed by atoms with van der Waals surface area (Å²) in [7, 11) is 0. The second-order valence-corrected chi connectivity index (χ2v) is 8.25. The maximum atomic E-state index is 4.91. The number of nitrogens with zero attached hydrogens (tertiary/aromatic N) is 5. The van der Waals surface area contributed by atoms with Crippen molar-refractivity contribution in [2.24, 2.45) is 0 Å². The van der Waals surface area contributed by atoms with Crippen molar-refractivity contribution in [1.29, 1.82) is 0 Å². The van der Waals surface area contributed by atoms with Gasteiger partial charge in [-0.25, -0.2) is 4.98 Å². The zero-order chi connectivity index (χ0) is 20.7. The molecule has 5 heteroatoms. The van der Waals surface area contributed by atoms with E-state index in [1.54, 1.807) is 0 Å². The average Bonchev–Trinajstić information content (AvgIpc) is 3.18. The molecule has 1 unspecified atom stereocenters. The largest absolute Gasteiger partial charge is 0.365 e. The van der Waals surface area contributed by atoms with Crippen molar-refractivity contribution in [3.8, 4) is 11.3 Å². The number of benzene rings is 2. The van der Waals surface area contributed by atoms with Crippen LogP contribution in [0, 0.1) is 13.8 Å². The number of aromatic nitrogens is 3. The summed E-state index contributed by atoms with van der Waals surface area (Å²) in [6.45, 7) is 9.39. The molecule has 1 saturated heterocycles. The third kappa shape index (κ3) is 3.41. The highest BCUT2D eigenvalue weighted by molar-refractivity contribution is 5.66. The zero-order valence-electron chi connectivity index (χ0n) is 17.8. The number of rotatable bonds is 3. The van der Waals surface area contributed by atoms with Gasteiger partial charge in [0.05, 0.1) is 5.69 Å². The zero-order valence-corrected chi connectivity index (χ0v) is 17.8. The number of aryl methyl sites for hydroxylation is 2. The van der Waals surface area contributed by atoms with Gasteiger partial charge in [0.15, 0.2) is 5.65 Å². The highest BCUT2D eigenvalue weighted by Crippen LogP contribution is 2.27. The molecule has 0 saturated carbocycles. The van der Waals surface area contributed by atoms with Crippen molar-refractivity contribution >= 4 is 17.2 Å². The van der Waals surface area contributed by atoms with Gasteiger partial charge < -0.3 is 9.80 Å². The van der Waals surface area contributed by atoms with Crippen LogP contribution in [0.2, 0.25) is 0 Å². The number of hydrogen-bond donors (Lipinski definition) is 0. The molecule has 1 fully saturated rings. The van der Waals surface area contributed by atoms with E-state index < -0.39 is 0 Å². The van der Waals surface area contributed by atoms with E-state index in [1.807, 2.05) is 22.7 Å². The summed E-state index contributed by atoms with van der Waals surface area (Å²) in [5, 5.41) is 4.91. The Kier molecular flexibility index (Phi) is 4.66. The standard InChI is InChI=1S/C25H27N5/c1-18-9-11-22(12-10-18)29-14-13-28(17-20(29)3)25-15-19(2)26-24-16-23(27-30(24)25)21-7-5-4-6-8-21/h4-12,15-16,20H,13-14,17H2,1-3H3. The predicted molar refractivity (Wildman–Crippen MR) is 123 cm³/mol. The van der Waals surface area contributed by atoms with Crippen LogP contribution in [-0.4, -0.2) is 40.3 Å². The molecular formula is C25H27N5. The number of anilines is 2. The van der Waals surface area contributed by atoms with Gasteiger partial charge >= 0.3 is 0 Å². The summed E-state index contributed by atoms with van der Waals surface area (Å²) >= 11 is 0. The van der Waals surface area contributed by atoms with Gasteiger partial charge in [-0.1, -0.05) is 48.0 Å². The summed E-state index contributed by atoms with van der Waals surface area (Å²) in [5.41, 5.74) is 6.59. The fourth-order valence-electron chi connectivity index (χ4n) is 4.34. The minimum absolute atomic E-state index is 0.411. The van der Waals surface area contributed by atoms with E-state index in [2.05, 4.69) is 79.1 Å². The van der Waals surface area contributed by atoms with Crippen molar-refractivity contribution < 1.29 is 0 Å². The first-order chi connectivity index (χ1) is 14.6. The normalized spacial score (nSPS) is 17.0. The Morgan fingerprint density at radius 2 is 1.67 bits per heavy atom. The van der Waals surface area contributed by atoms with Gasteiger partial charge in [-0.3, -0.25) is 0 Å². The molecule has 0 N–H and O–H groups in total. The molecule has 0 amide bonds. The molecular weight excluding hydrogens is 370 g/mol. The quantitative estimate of drug-likeness (QED) is 0.501. The summed E-state index contributed by atoms with van der Waals surface area (Å²) < 4.78 is 2.00. The van der Waals surface area contributed by atoms with Gasteiger partial charge in [0.25, 0.3) is 0 Å². The van der Waals surface area contributed by atoms with Crippen LogP contribution < -0.4 is 9.80 Å². The molecule has 5 nitrogen and oxygen atoms in total. The van der Waals surface area contributed by atoms with E-state index in [0.29, 0.717) is 6.04 Å². The second-order valence-electron chi connectivity index (χ2n) is 8.25. The lowest BCUT2D eigenvalue weighted by atomic mass is 10.1. The summed E-state index contributed by atoms with van der Waals surface area (Å²) in [4.78, 5) is 9.67. The van der Waals surface area contributed by atoms with Crippen LogP contribution in [0.1, 0.15) is 18.2 Å². The molecule has 2 aromatic carbocycles. The lowest BCUT2D eigenvalue weighted by Crippen LogP contribution is -2.52. The smallest absolute Gasteiger partial charge is 0.158 e. The molecule has 1 aliphatic rings. The summed E-state index contributed by atoms with van der Waals surface area (Å²) in [6.07, 6.45) is 0. The fourth-order valence-corrected chi connectivity index (χ4v) is 4.34. The van der Waals surface area contributed by atoms with E-state index in [0.717, 1.165) is 48.1 Å². The first-order valence-electron chi connectivity index (χ1n) is 10.6. The van der Waals surface area contributed by atoms with Gasteiger partial charge in [0.2, 0.25) is 0 Å². The monoisotopic (exact) mass is 397 g/mol. The number of hydrogen-bond acceptors (Lipinski definition) is 4. The van der Waals surface area contributed by atoms with Crippen LogP contribution in [0.5, 0.6) is 0 Å². The predicted octanol–water partition coefficient (Wildman–Crippen LogP) is 4.73. The van der Waals surface area contributed by atoms with Crippen LogP contribution in [0.15, 0.2) is 66.7 Å². The topological polar surface area (TPSA) is 36.7 Å². The Morgan fingerprint density at radius 1 is 0.900 bits per heavy atom. The van der Waals surface area contributed by atoms with E-state index in [-0.39, 0.29) is 0 Å². The Morgan fingerprint density at radius 3 is 2.40 bits per heavy atom. The highest BCUT2D eigenvalue weighted by atomic mass is 15.4. The fraction of sp³-hybridized carbons (Fsp3) is 0.280. The molecule has 3 heterocycles. The minimum atomic E-state index is 0.411. The van der Waals surface area contributed by atoms with E-state index >= 15 is 0 Å². The Hall–Kier alpha value is -3.34. The minimum Gasteiger partial charge on any atom is -0.365 e. The first kappa shape index (κ1) is 18.7. The van der Waals surface area contributed by atoms with Crippen molar-refractivity contribution in [3.63, 3.8) is 0 Å². The van der Waals surface area contributed by atoms with Crippen molar-refractivity contribution in [2.75, 3.05) is 29.4 Å². The molecule has 5 rings (SSSR count). The van der Waals surface area contributed by atoms with Crippen LogP contribution in [0.3, 0.4) is 0 Å². The molecule has 0 radical (unpaired) electrons. The lowest BCUT2D eigenvalue weighted by molar-refractivity contribution is 0.543. The first-order valence-corrected chi connectivity index (χ1v) is 10.6. The van der Waals surface area contributed by atoms with E-state index in [4.69, 9.17) is 10.1 Å². The molecule has 0 bridgehead atoms. The molecule has 0 spiro atoms. The van der Waals surface area contributed by atoms with Crippen LogP contribution in [-0.2, 0) is 0 Å². The molecule has 0 aliphatic carbocycles. The average molecular weight is 398 g/mol. The maximum Gasteiger partial charge on any atom is 0.158 e. The Bertz CT molecular complexity index is 1160. The molecule has 30 heavy (non-hydrogen) atoms. The van der Waals surface area contributed by atoms with Crippen LogP contribution in [0.4, 0.5) is 11.5 Å². The SMILES string of the molecule is Cc1ccc(N2CCN(c3cc(C)nc4cc(-c5ccccc5)nn34)CC2C)cc1. The summed E-state index contributed by atoms with van der Waals surface area (Å²) in [6, 6.07) is 23.8. The third-order valence-corrected chi connectivity index (χ3v) is 5.92. The maximum absolute atomic E-state index is 4.91. The van der Waals surface area contributed by atoms with Crippen molar-refractivity contribution in [3.05, 3.63) is 78.0 Å².